The van der Waals surface area contributed by atoms with Crippen LogP contribution in [0.1, 0.15) is 0 Å². The highest BCUT2D eigenvalue weighted by atomic mass is 32.2. The van der Waals surface area contributed by atoms with Gasteiger partial charge in [-0.2, -0.15) is 0 Å². The van der Waals surface area contributed by atoms with E-state index in [-0.39, 0.29) is 30.3 Å². The van der Waals surface area contributed by atoms with Gasteiger partial charge in [-0.3, -0.25) is 10.1 Å². The molecule has 2 rings (SSSR count). The van der Waals surface area contributed by atoms with E-state index in [0.717, 1.165) is 0 Å². The molecule has 1 aliphatic rings. The molecule has 0 N–H and O–H groups in total. The molecule has 1 aromatic carbocycles. The van der Waals surface area contributed by atoms with Gasteiger partial charge in [-0.25, -0.2) is 8.42 Å². The van der Waals surface area contributed by atoms with Crippen LogP contribution < -0.4 is 4.65 Å². The highest BCUT2D eigenvalue weighted by Gasteiger charge is 2.31. The van der Waals surface area contributed by atoms with Gasteiger partial charge in [0.1, 0.15) is 17.2 Å². The number of hydrogen-bond acceptors (Lipinski definition) is 5. The van der Waals surface area contributed by atoms with E-state index in [4.69, 9.17) is 0 Å². The lowest BCUT2D eigenvalue weighted by Crippen LogP contribution is -2.53. The van der Waals surface area contributed by atoms with Crippen molar-refractivity contribution in [1.82, 2.24) is 4.65 Å². The molecule has 0 unspecified atom stereocenters. The fraction of sp³-hybridized carbons (Fsp3) is 0.400. The third-order valence-electron chi connectivity index (χ3n) is 3.06. The molecule has 0 radical (unpaired) electrons. The van der Waals surface area contributed by atoms with E-state index in [1.807, 2.05) is 0 Å². The van der Waals surface area contributed by atoms with Crippen molar-refractivity contribution in [3.8, 4) is 0 Å². The molecule has 0 amide bonds. The Morgan fingerprint density at radius 2 is 1.61 bits per heavy atom. The van der Waals surface area contributed by atoms with Crippen LogP contribution in [0.2, 0.25) is 0 Å². The molecular weight excluding hydrogens is 260 g/mol. The summed E-state index contributed by atoms with van der Waals surface area (Å²) in [6.45, 7) is -0.0830. The summed E-state index contributed by atoms with van der Waals surface area (Å²) in [4.78, 5) is 9.95. The van der Waals surface area contributed by atoms with Crippen LogP contribution in [-0.4, -0.2) is 37.9 Å². The Balaban J connectivity index is 2.23. The lowest BCUT2D eigenvalue weighted by atomic mass is 10.2. The van der Waals surface area contributed by atoms with Gasteiger partial charge in [0.15, 0.2) is 9.84 Å². The summed E-state index contributed by atoms with van der Waals surface area (Å²) >= 11 is 0. The molecule has 1 heterocycles. The van der Waals surface area contributed by atoms with Gasteiger partial charge in [-0.15, -0.1) is 0 Å². The summed E-state index contributed by atoms with van der Waals surface area (Å²) < 4.78 is 21.8. The predicted octanol–water partition coefficient (Wildman–Crippen LogP) is 0.828. The number of sulfone groups is 1. The molecule has 0 aromatic heterocycles. The molecule has 1 fully saturated rings. The summed E-state index contributed by atoms with van der Waals surface area (Å²) in [5.41, 5.74) is 0.269. The Bertz CT molecular complexity index is 552. The highest BCUT2D eigenvalue weighted by molar-refractivity contribution is 7.91. The number of quaternary nitrogens is 1. The first-order valence-corrected chi connectivity index (χ1v) is 7.18. The Labute approximate surface area is 104 Å². The summed E-state index contributed by atoms with van der Waals surface area (Å²) in [5, 5.41) is 22.9. The van der Waals surface area contributed by atoms with Gasteiger partial charge in [-0.1, -0.05) is 0 Å². The van der Waals surface area contributed by atoms with Gasteiger partial charge in [-0.05, 0) is 0 Å². The summed E-state index contributed by atoms with van der Waals surface area (Å²) in [6, 6.07) is 5.30. The number of hydrogen-bond donors (Lipinski definition) is 0. The third kappa shape index (κ3) is 2.50. The zero-order valence-corrected chi connectivity index (χ0v) is 10.3. The predicted molar refractivity (Wildman–Crippen MR) is 66.6 cm³/mol. The number of hydroxylamine groups is 2. The van der Waals surface area contributed by atoms with Gasteiger partial charge in [0.05, 0.1) is 18.0 Å². The van der Waals surface area contributed by atoms with Crippen molar-refractivity contribution in [3.05, 3.63) is 39.6 Å². The quantitative estimate of drug-likeness (QED) is 0.343. The van der Waals surface area contributed by atoms with Crippen LogP contribution in [0.25, 0.3) is 0 Å². The number of nitrogens with zero attached hydrogens (tertiary/aromatic N) is 2. The van der Waals surface area contributed by atoms with Crippen molar-refractivity contribution in [1.29, 1.82) is 0 Å². The summed E-state index contributed by atoms with van der Waals surface area (Å²) in [5.74, 6) is -0.291. The van der Waals surface area contributed by atoms with Crippen LogP contribution in [0.15, 0.2) is 24.3 Å². The van der Waals surface area contributed by atoms with Gasteiger partial charge in [0.2, 0.25) is 0 Å². The number of nitro benzene ring substituents is 1. The second-order valence-corrected chi connectivity index (χ2v) is 6.57. The molecule has 0 aliphatic carbocycles. The number of nitro groups is 1. The zero-order chi connectivity index (χ0) is 13.4. The first-order chi connectivity index (χ1) is 8.32. The molecule has 0 spiro atoms. The highest BCUT2D eigenvalue weighted by Crippen LogP contribution is 2.27. The number of rotatable bonds is 2. The molecule has 7 nitrogen and oxygen atoms in total. The summed E-state index contributed by atoms with van der Waals surface area (Å²) in [7, 11) is -3.11. The molecule has 18 heavy (non-hydrogen) atoms. The number of non-ortho nitro benzene ring substituents is 1. The summed E-state index contributed by atoms with van der Waals surface area (Å²) in [6.07, 6.45) is 0. The average Bonchev–Trinajstić information content (AvgIpc) is 2.34. The first kappa shape index (κ1) is 12.9. The van der Waals surface area contributed by atoms with Crippen LogP contribution in [0.3, 0.4) is 0 Å². The SMILES string of the molecule is O=[N+]([O-])c1ccc([N+]2([O-])CCS(=O)(=O)CC2)cc1. The van der Waals surface area contributed by atoms with Crippen molar-refractivity contribution in [2.45, 2.75) is 0 Å². The molecular formula is C10H12N2O5S. The molecule has 98 valence electrons. The van der Waals surface area contributed by atoms with Gasteiger partial charge in [0, 0.05) is 24.3 Å². The largest absolute Gasteiger partial charge is 0.627 e. The standard InChI is InChI=1S/C10H12N2O5S/c13-11(14)9-1-3-10(4-2-9)12(15)5-7-18(16,17)8-6-12/h1-4H,5-8H2. The minimum Gasteiger partial charge on any atom is -0.627 e. The van der Waals surface area contributed by atoms with Crippen molar-refractivity contribution in [2.24, 2.45) is 0 Å². The smallest absolute Gasteiger partial charge is 0.269 e. The first-order valence-electron chi connectivity index (χ1n) is 5.36. The Hall–Kier alpha value is -1.51. The topological polar surface area (TPSA) is 100 Å². The maximum atomic E-state index is 12.4. The van der Waals surface area contributed by atoms with Crippen molar-refractivity contribution in [3.63, 3.8) is 0 Å². The average molecular weight is 272 g/mol. The fourth-order valence-corrected chi connectivity index (χ4v) is 3.24. The van der Waals surface area contributed by atoms with E-state index in [0.29, 0.717) is 5.69 Å². The Kier molecular flexibility index (Phi) is 3.09. The molecule has 1 saturated heterocycles. The molecule has 1 aliphatic heterocycles. The lowest BCUT2D eigenvalue weighted by Gasteiger charge is -2.44. The fourth-order valence-electron chi connectivity index (χ4n) is 1.89. The monoisotopic (exact) mass is 272 g/mol. The van der Waals surface area contributed by atoms with E-state index in [2.05, 4.69) is 0 Å². The Morgan fingerprint density at radius 3 is 2.06 bits per heavy atom. The van der Waals surface area contributed by atoms with E-state index < -0.39 is 19.4 Å². The van der Waals surface area contributed by atoms with Crippen LogP contribution >= 0.6 is 0 Å². The zero-order valence-electron chi connectivity index (χ0n) is 9.48. The molecule has 8 heteroatoms. The Morgan fingerprint density at radius 1 is 1.11 bits per heavy atom. The minimum atomic E-state index is -3.11. The molecule has 0 atom stereocenters. The number of benzene rings is 1. The second-order valence-electron chi connectivity index (χ2n) is 4.26. The van der Waals surface area contributed by atoms with E-state index >= 15 is 0 Å². The minimum absolute atomic E-state index is 0.0415. The van der Waals surface area contributed by atoms with Crippen molar-refractivity contribution in [2.75, 3.05) is 24.6 Å². The van der Waals surface area contributed by atoms with Crippen LogP contribution in [0.4, 0.5) is 11.4 Å². The van der Waals surface area contributed by atoms with E-state index in [1.54, 1.807) is 0 Å². The molecule has 1 aromatic rings. The van der Waals surface area contributed by atoms with Crippen molar-refractivity contribution < 1.29 is 13.3 Å². The van der Waals surface area contributed by atoms with Gasteiger partial charge < -0.3 is 9.85 Å². The molecule has 0 bridgehead atoms. The van der Waals surface area contributed by atoms with Crippen LogP contribution in [-0.2, 0) is 9.84 Å². The maximum absolute atomic E-state index is 12.4. The van der Waals surface area contributed by atoms with Gasteiger partial charge >= 0.3 is 0 Å². The van der Waals surface area contributed by atoms with Crippen LogP contribution in [0, 0.1) is 15.3 Å². The van der Waals surface area contributed by atoms with E-state index in [9.17, 15) is 23.7 Å². The third-order valence-corrected chi connectivity index (χ3v) is 4.67. The maximum Gasteiger partial charge on any atom is 0.269 e. The normalized spacial score (nSPS) is 21.4. The molecule has 0 saturated carbocycles. The lowest BCUT2D eigenvalue weighted by molar-refractivity contribution is -0.384. The van der Waals surface area contributed by atoms with Gasteiger partial charge in [0.25, 0.3) is 5.69 Å². The van der Waals surface area contributed by atoms with Crippen LogP contribution in [0.5, 0.6) is 0 Å². The van der Waals surface area contributed by atoms with E-state index in [1.165, 1.54) is 24.3 Å². The second kappa shape index (κ2) is 4.30. The van der Waals surface area contributed by atoms with Crippen molar-refractivity contribution >= 4 is 21.2 Å².